The van der Waals surface area contributed by atoms with E-state index in [-0.39, 0.29) is 12.2 Å². The lowest BCUT2D eigenvalue weighted by Crippen LogP contribution is -2.12. The average Bonchev–Trinajstić information content (AvgIpc) is 2.89. The number of ketones is 1. The number of rotatable bonds is 5. The highest BCUT2D eigenvalue weighted by molar-refractivity contribution is 6.06. The van der Waals surface area contributed by atoms with E-state index in [2.05, 4.69) is 5.10 Å². The number of aliphatic carboxylic acids is 1. The van der Waals surface area contributed by atoms with Gasteiger partial charge in [-0.05, 0) is 12.1 Å². The summed E-state index contributed by atoms with van der Waals surface area (Å²) in [5, 5.41) is 21.5. The fourth-order valence-electron chi connectivity index (χ4n) is 1.72. The predicted molar refractivity (Wildman–Crippen MR) is 70.4 cm³/mol. The van der Waals surface area contributed by atoms with E-state index in [0.717, 1.165) is 0 Å². The number of aliphatic hydroxyl groups is 1. The summed E-state index contributed by atoms with van der Waals surface area (Å²) < 4.78 is 14.8. The van der Waals surface area contributed by atoms with E-state index < -0.39 is 23.3 Å². The SMILES string of the molecule is O=C(O)C(O)=CC(=O)c1ccnn1Cc1ccccc1F. The van der Waals surface area contributed by atoms with Crippen LogP contribution in [0.15, 0.2) is 48.4 Å². The second kappa shape index (κ2) is 6.00. The maximum Gasteiger partial charge on any atom is 0.371 e. The Hall–Kier alpha value is -2.96. The normalized spacial score (nSPS) is 11.4. The van der Waals surface area contributed by atoms with Gasteiger partial charge >= 0.3 is 5.97 Å². The van der Waals surface area contributed by atoms with Gasteiger partial charge in [0.15, 0.2) is 0 Å². The summed E-state index contributed by atoms with van der Waals surface area (Å²) in [6, 6.07) is 7.39. The van der Waals surface area contributed by atoms with Gasteiger partial charge in [-0.15, -0.1) is 0 Å². The summed E-state index contributed by atoms with van der Waals surface area (Å²) in [4.78, 5) is 22.3. The van der Waals surface area contributed by atoms with Crippen LogP contribution in [0.2, 0.25) is 0 Å². The number of aliphatic hydroxyl groups excluding tert-OH is 1. The van der Waals surface area contributed by atoms with Crippen LogP contribution in [-0.4, -0.2) is 31.7 Å². The number of allylic oxidation sites excluding steroid dienone is 1. The van der Waals surface area contributed by atoms with Crippen molar-refractivity contribution in [3.05, 3.63) is 65.4 Å². The number of hydrogen-bond acceptors (Lipinski definition) is 4. The monoisotopic (exact) mass is 290 g/mol. The molecule has 2 aromatic rings. The van der Waals surface area contributed by atoms with Gasteiger partial charge < -0.3 is 10.2 Å². The molecule has 6 nitrogen and oxygen atoms in total. The molecule has 0 unspecified atom stereocenters. The van der Waals surface area contributed by atoms with E-state index in [1.807, 2.05) is 0 Å². The molecule has 2 N–H and O–H groups in total. The molecule has 0 radical (unpaired) electrons. The van der Waals surface area contributed by atoms with Crippen molar-refractivity contribution in [3.8, 4) is 0 Å². The zero-order valence-electron chi connectivity index (χ0n) is 10.7. The first-order valence-electron chi connectivity index (χ1n) is 5.92. The van der Waals surface area contributed by atoms with Gasteiger partial charge in [0.1, 0.15) is 11.5 Å². The van der Waals surface area contributed by atoms with Crippen molar-refractivity contribution in [2.24, 2.45) is 0 Å². The number of carboxylic acid groups (broad SMARTS) is 1. The number of hydrogen-bond donors (Lipinski definition) is 2. The Morgan fingerprint density at radius 1 is 1.24 bits per heavy atom. The van der Waals surface area contributed by atoms with Crippen molar-refractivity contribution in [1.29, 1.82) is 0 Å². The van der Waals surface area contributed by atoms with Crippen LogP contribution in [0.4, 0.5) is 4.39 Å². The minimum Gasteiger partial charge on any atom is -0.502 e. The number of aromatic nitrogens is 2. The highest BCUT2D eigenvalue weighted by Gasteiger charge is 2.14. The molecule has 0 saturated heterocycles. The molecular weight excluding hydrogens is 279 g/mol. The molecule has 1 heterocycles. The van der Waals surface area contributed by atoms with Crippen LogP contribution in [0, 0.1) is 5.82 Å². The van der Waals surface area contributed by atoms with Crippen molar-refractivity contribution in [1.82, 2.24) is 9.78 Å². The number of nitrogens with zero attached hydrogens (tertiary/aromatic N) is 2. The Bertz CT molecular complexity index is 721. The van der Waals surface area contributed by atoms with Crippen molar-refractivity contribution in [2.75, 3.05) is 0 Å². The van der Waals surface area contributed by atoms with Crippen LogP contribution >= 0.6 is 0 Å². The summed E-state index contributed by atoms with van der Waals surface area (Å²) in [5.74, 6) is -3.85. The number of carbonyl (C=O) groups excluding carboxylic acids is 1. The summed E-state index contributed by atoms with van der Waals surface area (Å²) in [6.45, 7) is 0.0163. The molecule has 0 amide bonds. The molecule has 0 aliphatic rings. The number of benzene rings is 1. The quantitative estimate of drug-likeness (QED) is 0.497. The average molecular weight is 290 g/mol. The first-order valence-corrected chi connectivity index (χ1v) is 5.92. The molecule has 7 heteroatoms. The Balaban J connectivity index is 2.27. The lowest BCUT2D eigenvalue weighted by atomic mass is 10.2. The molecule has 21 heavy (non-hydrogen) atoms. The zero-order valence-corrected chi connectivity index (χ0v) is 10.7. The van der Waals surface area contributed by atoms with Gasteiger partial charge in [0, 0.05) is 17.8 Å². The van der Waals surface area contributed by atoms with Gasteiger partial charge in [-0.2, -0.15) is 5.10 Å². The smallest absolute Gasteiger partial charge is 0.371 e. The molecule has 0 aliphatic heterocycles. The van der Waals surface area contributed by atoms with Gasteiger partial charge in [-0.3, -0.25) is 9.48 Å². The first kappa shape index (κ1) is 14.4. The summed E-state index contributed by atoms with van der Waals surface area (Å²) >= 11 is 0. The van der Waals surface area contributed by atoms with Crippen LogP contribution < -0.4 is 0 Å². The van der Waals surface area contributed by atoms with Crippen LogP contribution in [0.1, 0.15) is 16.1 Å². The summed E-state index contributed by atoms with van der Waals surface area (Å²) in [5.41, 5.74) is 0.382. The fraction of sp³-hybridized carbons (Fsp3) is 0.0714. The van der Waals surface area contributed by atoms with E-state index >= 15 is 0 Å². The Kier molecular flexibility index (Phi) is 4.13. The van der Waals surface area contributed by atoms with Crippen LogP contribution in [0.25, 0.3) is 0 Å². The topological polar surface area (TPSA) is 92.4 Å². The third-order valence-electron chi connectivity index (χ3n) is 2.73. The molecule has 2 rings (SSSR count). The maximum atomic E-state index is 13.6. The van der Waals surface area contributed by atoms with E-state index in [0.29, 0.717) is 11.6 Å². The number of carbonyl (C=O) groups is 2. The van der Waals surface area contributed by atoms with Crippen LogP contribution in [-0.2, 0) is 11.3 Å². The molecule has 0 aliphatic carbocycles. The molecule has 1 aromatic carbocycles. The summed E-state index contributed by atoms with van der Waals surface area (Å²) in [6.07, 6.45) is 1.91. The van der Waals surface area contributed by atoms with Gasteiger partial charge in [0.05, 0.1) is 6.54 Å². The van der Waals surface area contributed by atoms with Crippen molar-refractivity contribution < 1.29 is 24.2 Å². The standard InChI is InChI=1S/C14H11FN2O4/c15-10-4-2-1-3-9(10)8-17-11(5-6-16-17)12(18)7-13(19)14(20)21/h1-7,19H,8H2,(H,20,21). The van der Waals surface area contributed by atoms with Crippen molar-refractivity contribution >= 4 is 11.8 Å². The summed E-state index contributed by atoms with van der Waals surface area (Å²) in [7, 11) is 0. The van der Waals surface area contributed by atoms with Crippen LogP contribution in [0.3, 0.4) is 0 Å². The fourth-order valence-corrected chi connectivity index (χ4v) is 1.72. The van der Waals surface area contributed by atoms with Crippen molar-refractivity contribution in [3.63, 3.8) is 0 Å². The largest absolute Gasteiger partial charge is 0.502 e. The van der Waals surface area contributed by atoms with E-state index in [1.165, 1.54) is 23.0 Å². The molecule has 0 saturated carbocycles. The highest BCUT2D eigenvalue weighted by atomic mass is 19.1. The molecule has 108 valence electrons. The predicted octanol–water partition coefficient (Wildman–Crippen LogP) is 1.78. The zero-order chi connectivity index (χ0) is 15.4. The van der Waals surface area contributed by atoms with Gasteiger partial charge in [0.25, 0.3) is 0 Å². The molecule has 1 aromatic heterocycles. The molecule has 0 atom stereocenters. The molecule has 0 spiro atoms. The van der Waals surface area contributed by atoms with E-state index in [9.17, 15) is 14.0 Å². The van der Waals surface area contributed by atoms with Gasteiger partial charge in [-0.1, -0.05) is 18.2 Å². The van der Waals surface area contributed by atoms with E-state index in [4.69, 9.17) is 10.2 Å². The van der Waals surface area contributed by atoms with Gasteiger partial charge in [0.2, 0.25) is 11.5 Å². The minimum atomic E-state index is -1.61. The second-order valence-electron chi connectivity index (χ2n) is 4.16. The third kappa shape index (κ3) is 3.33. The van der Waals surface area contributed by atoms with E-state index in [1.54, 1.807) is 18.2 Å². The maximum absolute atomic E-state index is 13.6. The van der Waals surface area contributed by atoms with Crippen LogP contribution in [0.5, 0.6) is 0 Å². The number of halogens is 1. The van der Waals surface area contributed by atoms with Crippen molar-refractivity contribution in [2.45, 2.75) is 6.54 Å². The Morgan fingerprint density at radius 2 is 1.95 bits per heavy atom. The lowest BCUT2D eigenvalue weighted by Gasteiger charge is -2.06. The number of carboxylic acids is 1. The lowest BCUT2D eigenvalue weighted by molar-refractivity contribution is -0.135. The Labute approximate surface area is 118 Å². The molecule has 0 fully saturated rings. The first-order chi connectivity index (χ1) is 9.99. The third-order valence-corrected chi connectivity index (χ3v) is 2.73. The second-order valence-corrected chi connectivity index (χ2v) is 4.16. The Morgan fingerprint density at radius 3 is 2.62 bits per heavy atom. The van der Waals surface area contributed by atoms with Gasteiger partial charge in [-0.25, -0.2) is 9.18 Å². The molecular formula is C14H11FN2O4. The minimum absolute atomic E-state index is 0.0163. The molecule has 0 bridgehead atoms. The highest BCUT2D eigenvalue weighted by Crippen LogP contribution is 2.11.